The molecule has 2 N–H and O–H groups in total. The molecule has 1 atom stereocenters. The lowest BCUT2D eigenvalue weighted by Crippen LogP contribution is -2.46. The normalized spacial score (nSPS) is 21.7. The van der Waals surface area contributed by atoms with Gasteiger partial charge in [-0.05, 0) is 44.7 Å². The number of rotatable bonds is 6. The third kappa shape index (κ3) is 5.34. The average molecular weight is 395 g/mol. The van der Waals surface area contributed by atoms with E-state index in [1.54, 1.807) is 25.3 Å². The van der Waals surface area contributed by atoms with Crippen LogP contribution in [0.3, 0.4) is 0 Å². The van der Waals surface area contributed by atoms with Gasteiger partial charge in [-0.1, -0.05) is 19.3 Å². The van der Waals surface area contributed by atoms with Gasteiger partial charge in [-0.15, -0.1) is 0 Å². The summed E-state index contributed by atoms with van der Waals surface area (Å²) in [5.41, 5.74) is 0.479. The highest BCUT2D eigenvalue weighted by Crippen LogP contribution is 2.29. The second-order valence-electron chi connectivity index (χ2n) is 7.51. The lowest BCUT2D eigenvalue weighted by Gasteiger charge is -2.35. The van der Waals surface area contributed by atoms with Crippen molar-refractivity contribution in [2.75, 3.05) is 28.5 Å². The van der Waals surface area contributed by atoms with E-state index in [2.05, 4.69) is 15.0 Å². The first-order valence-electron chi connectivity index (χ1n) is 9.99. The van der Waals surface area contributed by atoms with Gasteiger partial charge >= 0.3 is 0 Å². The Bertz CT molecular complexity index is 747. The fourth-order valence-corrected chi connectivity index (χ4v) is 4.56. The monoisotopic (exact) mass is 394 g/mol. The number of sulfonamides is 1. The second-order valence-corrected chi connectivity index (χ2v) is 9.52. The van der Waals surface area contributed by atoms with Crippen LogP contribution < -0.4 is 14.9 Å². The Morgan fingerprint density at radius 3 is 2.74 bits per heavy atom. The van der Waals surface area contributed by atoms with Gasteiger partial charge in [0.25, 0.3) is 0 Å². The number of pyridine rings is 1. The van der Waals surface area contributed by atoms with E-state index >= 15 is 0 Å². The van der Waals surface area contributed by atoms with Gasteiger partial charge in [0, 0.05) is 25.3 Å². The Kier molecular flexibility index (Phi) is 6.57. The van der Waals surface area contributed by atoms with E-state index in [4.69, 9.17) is 0 Å². The Morgan fingerprint density at radius 1 is 1.22 bits per heavy atom. The lowest BCUT2D eigenvalue weighted by molar-refractivity contribution is -0.126. The fraction of sp³-hybridized carbons (Fsp3) is 0.684. The van der Waals surface area contributed by atoms with E-state index in [9.17, 15) is 13.2 Å². The second kappa shape index (κ2) is 8.91. The summed E-state index contributed by atoms with van der Waals surface area (Å²) >= 11 is 0. The molecule has 1 aromatic heterocycles. The summed E-state index contributed by atoms with van der Waals surface area (Å²) in [5, 5.41) is 3.23. The van der Waals surface area contributed by atoms with Crippen LogP contribution in [-0.2, 0) is 14.8 Å². The van der Waals surface area contributed by atoms with Crippen molar-refractivity contribution in [2.45, 2.75) is 57.9 Å². The number of carbonyl (C=O) groups is 1. The van der Waals surface area contributed by atoms with E-state index in [0.29, 0.717) is 24.1 Å². The zero-order valence-electron chi connectivity index (χ0n) is 16.0. The number of hydrogen-bond donors (Lipinski definition) is 2. The van der Waals surface area contributed by atoms with Crippen LogP contribution in [0.5, 0.6) is 0 Å². The molecule has 1 aliphatic heterocycles. The number of hydrogen-bond acceptors (Lipinski definition) is 5. The zero-order valence-corrected chi connectivity index (χ0v) is 16.8. The maximum absolute atomic E-state index is 12.7. The molecule has 7 nitrogen and oxygen atoms in total. The first-order chi connectivity index (χ1) is 13.0. The fourth-order valence-electron chi connectivity index (χ4n) is 3.92. The summed E-state index contributed by atoms with van der Waals surface area (Å²) < 4.78 is 26.6. The number of amides is 1. The number of aromatic nitrogens is 1. The molecule has 0 bridgehead atoms. The predicted octanol–water partition coefficient (Wildman–Crippen LogP) is 2.51. The highest BCUT2D eigenvalue weighted by Gasteiger charge is 2.29. The van der Waals surface area contributed by atoms with Crippen LogP contribution in [0.15, 0.2) is 18.3 Å². The van der Waals surface area contributed by atoms with Gasteiger partial charge in [-0.3, -0.25) is 9.52 Å². The molecule has 8 heteroatoms. The van der Waals surface area contributed by atoms with Crippen LogP contribution >= 0.6 is 0 Å². The summed E-state index contributed by atoms with van der Waals surface area (Å²) in [7, 11) is -3.38. The third-order valence-electron chi connectivity index (χ3n) is 5.48. The van der Waals surface area contributed by atoms with Crippen molar-refractivity contribution < 1.29 is 13.2 Å². The first-order valence-corrected chi connectivity index (χ1v) is 11.6. The summed E-state index contributed by atoms with van der Waals surface area (Å²) in [6, 6.07) is 3.75. The number of nitrogens with zero attached hydrogens (tertiary/aromatic N) is 2. The molecule has 0 radical (unpaired) electrons. The van der Waals surface area contributed by atoms with Crippen molar-refractivity contribution in [3.63, 3.8) is 0 Å². The van der Waals surface area contributed by atoms with Gasteiger partial charge in [0.2, 0.25) is 15.9 Å². The highest BCUT2D eigenvalue weighted by molar-refractivity contribution is 7.92. The molecule has 0 spiro atoms. The van der Waals surface area contributed by atoms with E-state index in [1.165, 1.54) is 19.3 Å². The van der Waals surface area contributed by atoms with Crippen LogP contribution in [-0.4, -0.2) is 44.2 Å². The molecule has 2 aliphatic rings. The molecule has 1 saturated heterocycles. The van der Waals surface area contributed by atoms with Crippen molar-refractivity contribution in [3.05, 3.63) is 18.3 Å². The van der Waals surface area contributed by atoms with E-state index < -0.39 is 10.0 Å². The minimum absolute atomic E-state index is 0.00769. The van der Waals surface area contributed by atoms with Gasteiger partial charge < -0.3 is 10.2 Å². The minimum Gasteiger partial charge on any atom is -0.354 e. The number of nitrogens with one attached hydrogen (secondary N) is 2. The van der Waals surface area contributed by atoms with Crippen LogP contribution in [0.4, 0.5) is 11.5 Å². The van der Waals surface area contributed by atoms with Crippen LogP contribution in [0.1, 0.15) is 51.9 Å². The third-order valence-corrected chi connectivity index (χ3v) is 6.77. The lowest BCUT2D eigenvalue weighted by atomic mass is 9.93. The van der Waals surface area contributed by atoms with Crippen molar-refractivity contribution >= 4 is 27.4 Å². The van der Waals surface area contributed by atoms with Crippen LogP contribution in [0, 0.1) is 5.92 Å². The summed E-state index contributed by atoms with van der Waals surface area (Å²) in [6.45, 7) is 2.94. The molecule has 1 unspecified atom stereocenters. The molecular weight excluding hydrogens is 364 g/mol. The van der Waals surface area contributed by atoms with Crippen molar-refractivity contribution in [2.24, 2.45) is 5.92 Å². The smallest absolute Gasteiger partial charge is 0.232 e. The molecule has 1 saturated carbocycles. The minimum atomic E-state index is -3.38. The zero-order chi connectivity index (χ0) is 19.3. The van der Waals surface area contributed by atoms with E-state index in [-0.39, 0.29) is 17.6 Å². The highest BCUT2D eigenvalue weighted by atomic mass is 32.2. The van der Waals surface area contributed by atoms with Crippen LogP contribution in [0.25, 0.3) is 0 Å². The maximum Gasteiger partial charge on any atom is 0.232 e. The molecule has 2 heterocycles. The summed E-state index contributed by atoms with van der Waals surface area (Å²) in [6.07, 6.45) is 9.20. The Hall–Kier alpha value is -1.83. The molecule has 3 rings (SSSR count). The van der Waals surface area contributed by atoms with Gasteiger partial charge in [-0.2, -0.15) is 0 Å². The molecular formula is C19H30N4O3S. The SMILES string of the molecule is CCS(=O)(=O)Nc1cccnc1N1CCCC(C(=O)NC2CCCCC2)C1. The van der Waals surface area contributed by atoms with Crippen molar-refractivity contribution in [1.82, 2.24) is 10.3 Å². The molecule has 1 amide bonds. The van der Waals surface area contributed by atoms with Gasteiger partial charge in [0.1, 0.15) is 0 Å². The number of carbonyl (C=O) groups excluding carboxylic acids is 1. The quantitative estimate of drug-likeness (QED) is 0.774. The first kappa shape index (κ1) is 19.9. The standard InChI is InChI=1S/C19H30N4O3S/c1-2-27(25,26)22-17-11-6-12-20-18(17)23-13-7-8-15(14-23)19(24)21-16-9-4-3-5-10-16/h6,11-12,15-16,22H,2-5,7-10,13-14H2,1H3,(H,21,24). The topological polar surface area (TPSA) is 91.4 Å². The van der Waals surface area contributed by atoms with Gasteiger partial charge in [0.15, 0.2) is 5.82 Å². The van der Waals surface area contributed by atoms with Crippen molar-refractivity contribution in [3.8, 4) is 0 Å². The summed E-state index contributed by atoms with van der Waals surface area (Å²) in [5.74, 6) is 0.648. The molecule has 1 aliphatic carbocycles. The molecule has 27 heavy (non-hydrogen) atoms. The van der Waals surface area contributed by atoms with E-state index in [0.717, 1.165) is 32.2 Å². The van der Waals surface area contributed by atoms with Crippen molar-refractivity contribution in [1.29, 1.82) is 0 Å². The van der Waals surface area contributed by atoms with E-state index in [1.807, 2.05) is 4.90 Å². The number of piperidine rings is 1. The van der Waals surface area contributed by atoms with Gasteiger partial charge in [-0.25, -0.2) is 13.4 Å². The molecule has 2 fully saturated rings. The molecule has 150 valence electrons. The Balaban J connectivity index is 1.68. The maximum atomic E-state index is 12.7. The predicted molar refractivity (Wildman–Crippen MR) is 107 cm³/mol. The molecule has 0 aromatic carbocycles. The van der Waals surface area contributed by atoms with Gasteiger partial charge in [0.05, 0.1) is 17.4 Å². The number of anilines is 2. The van der Waals surface area contributed by atoms with Crippen LogP contribution in [0.2, 0.25) is 0 Å². The average Bonchev–Trinajstić information content (AvgIpc) is 2.69. The molecule has 1 aromatic rings. The summed E-state index contributed by atoms with van der Waals surface area (Å²) in [4.78, 5) is 19.2. The Labute approximate surface area is 162 Å². The largest absolute Gasteiger partial charge is 0.354 e. The Morgan fingerprint density at radius 2 is 2.00 bits per heavy atom.